The number of nitrogens with zero attached hydrogens (tertiary/aromatic N) is 1. The number of benzene rings is 4. The molecule has 0 aliphatic rings. The largest absolute Gasteiger partial charge is 0.440 e. The Kier molecular flexibility index (Phi) is 4.27. The molecule has 156 valence electrons. The van der Waals surface area contributed by atoms with Crippen molar-refractivity contribution < 1.29 is 4.42 Å². The molecule has 0 bridgehead atoms. The zero-order valence-corrected chi connectivity index (χ0v) is 17.7. The third-order valence-electron chi connectivity index (χ3n) is 6.24. The van der Waals surface area contributed by atoms with Crippen LogP contribution >= 0.6 is 0 Å². The van der Waals surface area contributed by atoms with E-state index in [0.29, 0.717) is 5.88 Å². The predicted octanol–water partition coefficient (Wildman–Crippen LogP) is 6.62. The molecule has 0 spiro atoms. The normalized spacial score (nSPS) is 12.6. The number of rotatable bonds is 4. The van der Waals surface area contributed by atoms with Crippen molar-refractivity contribution in [3.05, 3.63) is 108 Å². The fraction of sp³-hybridized carbons (Fsp3) is 0.0714. The molecule has 0 radical (unpaired) electrons. The summed E-state index contributed by atoms with van der Waals surface area (Å²) in [6.07, 6.45) is 0. The van der Waals surface area contributed by atoms with Crippen LogP contribution in [0, 0.1) is 0 Å². The molecule has 6 rings (SSSR count). The molecule has 2 aromatic heterocycles. The Morgan fingerprint density at radius 1 is 0.750 bits per heavy atom. The van der Waals surface area contributed by atoms with Gasteiger partial charge in [-0.05, 0) is 42.0 Å². The molecule has 4 aromatic carbocycles. The Morgan fingerprint density at radius 3 is 2.25 bits per heavy atom. The first-order chi connectivity index (χ1) is 15.8. The van der Waals surface area contributed by atoms with E-state index in [-0.39, 0.29) is 6.04 Å². The number of hydrogen-bond acceptors (Lipinski definition) is 3. The lowest BCUT2D eigenvalue weighted by Crippen LogP contribution is -2.13. The molecule has 0 saturated carbocycles. The summed E-state index contributed by atoms with van der Waals surface area (Å²) in [4.78, 5) is 0. The Morgan fingerprint density at radius 2 is 1.44 bits per heavy atom. The van der Waals surface area contributed by atoms with Gasteiger partial charge in [0.05, 0.1) is 17.1 Å². The molecule has 0 aliphatic carbocycles. The Bertz CT molecular complexity index is 1580. The van der Waals surface area contributed by atoms with Crippen molar-refractivity contribution >= 4 is 38.7 Å². The number of nitrogens with one attached hydrogen (secondary N) is 1. The van der Waals surface area contributed by atoms with Gasteiger partial charge >= 0.3 is 0 Å². The molecule has 4 nitrogen and oxygen atoms in total. The van der Waals surface area contributed by atoms with Gasteiger partial charge < -0.3 is 20.0 Å². The summed E-state index contributed by atoms with van der Waals surface area (Å²) in [6.45, 7) is 0. The summed E-state index contributed by atoms with van der Waals surface area (Å²) in [6, 6.07) is 33.3. The van der Waals surface area contributed by atoms with E-state index in [4.69, 9.17) is 10.2 Å². The average Bonchev–Trinajstić information content (AvgIpc) is 3.39. The van der Waals surface area contributed by atoms with E-state index in [9.17, 15) is 0 Å². The zero-order valence-electron chi connectivity index (χ0n) is 17.7. The van der Waals surface area contributed by atoms with E-state index in [1.54, 1.807) is 0 Å². The molecule has 0 amide bonds. The first-order valence-corrected chi connectivity index (χ1v) is 10.8. The van der Waals surface area contributed by atoms with Crippen LogP contribution in [0.1, 0.15) is 17.2 Å². The lowest BCUT2D eigenvalue weighted by Gasteiger charge is -2.14. The number of para-hydroxylation sites is 3. The molecule has 4 heteroatoms. The van der Waals surface area contributed by atoms with Crippen molar-refractivity contribution in [3.63, 3.8) is 0 Å². The molecule has 32 heavy (non-hydrogen) atoms. The number of aromatic nitrogens is 1. The minimum atomic E-state index is -0.315. The Balaban J connectivity index is 1.58. The maximum atomic E-state index is 6.85. The van der Waals surface area contributed by atoms with Gasteiger partial charge in [0, 0.05) is 34.5 Å². The molecule has 3 N–H and O–H groups in total. The van der Waals surface area contributed by atoms with Gasteiger partial charge in [0.15, 0.2) is 5.88 Å². The van der Waals surface area contributed by atoms with E-state index in [2.05, 4.69) is 82.7 Å². The van der Waals surface area contributed by atoms with Crippen molar-refractivity contribution in [2.24, 2.45) is 5.73 Å². The average molecular weight is 418 g/mol. The molecule has 0 aliphatic heterocycles. The van der Waals surface area contributed by atoms with Gasteiger partial charge in [0.25, 0.3) is 0 Å². The third kappa shape index (κ3) is 2.74. The predicted molar refractivity (Wildman–Crippen MR) is 133 cm³/mol. The summed E-state index contributed by atoms with van der Waals surface area (Å²) in [5.74, 6) is 0.713. The van der Waals surface area contributed by atoms with Crippen molar-refractivity contribution in [2.75, 3.05) is 12.4 Å². The number of furan rings is 1. The second kappa shape index (κ2) is 7.29. The Hall–Kier alpha value is -4.02. The van der Waals surface area contributed by atoms with E-state index in [1.165, 1.54) is 21.8 Å². The van der Waals surface area contributed by atoms with E-state index in [1.807, 2.05) is 31.3 Å². The van der Waals surface area contributed by atoms with Crippen molar-refractivity contribution in [1.29, 1.82) is 0 Å². The minimum absolute atomic E-state index is 0.315. The summed E-state index contributed by atoms with van der Waals surface area (Å²) >= 11 is 0. The van der Waals surface area contributed by atoms with Crippen LogP contribution in [-0.2, 0) is 0 Å². The SMILES string of the molecule is CNc1oc2ccccc2c1C(N)c1ccc2c(c1)c1ccccc1n2-c1ccccc1. The van der Waals surface area contributed by atoms with Crippen LogP contribution in [0.25, 0.3) is 38.5 Å². The molecule has 1 atom stereocenters. The van der Waals surface area contributed by atoms with Crippen LogP contribution in [0.2, 0.25) is 0 Å². The number of fused-ring (bicyclic) bond motifs is 4. The van der Waals surface area contributed by atoms with Gasteiger partial charge in [-0.3, -0.25) is 0 Å². The lowest BCUT2D eigenvalue weighted by molar-refractivity contribution is 0.624. The van der Waals surface area contributed by atoms with Gasteiger partial charge in [-0.1, -0.05) is 60.7 Å². The summed E-state index contributed by atoms with van der Waals surface area (Å²) < 4.78 is 8.33. The molecular weight excluding hydrogens is 394 g/mol. The van der Waals surface area contributed by atoms with Gasteiger partial charge in [-0.2, -0.15) is 0 Å². The van der Waals surface area contributed by atoms with Gasteiger partial charge in [-0.15, -0.1) is 0 Å². The third-order valence-corrected chi connectivity index (χ3v) is 6.24. The monoisotopic (exact) mass is 417 g/mol. The second-order valence-corrected chi connectivity index (χ2v) is 8.03. The molecule has 0 saturated heterocycles. The number of anilines is 1. The summed E-state index contributed by atoms with van der Waals surface area (Å²) in [5.41, 5.74) is 13.2. The van der Waals surface area contributed by atoms with Crippen LogP contribution in [-0.4, -0.2) is 11.6 Å². The van der Waals surface area contributed by atoms with E-state index < -0.39 is 0 Å². The Labute approximate surface area is 185 Å². The number of hydrogen-bond donors (Lipinski definition) is 2. The quantitative estimate of drug-likeness (QED) is 0.339. The summed E-state index contributed by atoms with van der Waals surface area (Å²) in [5, 5.41) is 6.62. The standard InChI is InChI=1S/C28H23N3O/c1-30-28-26(21-12-6-8-14-25(21)32-28)27(29)18-15-16-24-22(17-18)20-11-5-7-13-23(20)31(24)19-9-3-2-4-10-19/h2-17,27,30H,29H2,1H3. The van der Waals surface area contributed by atoms with Crippen LogP contribution in [0.5, 0.6) is 0 Å². The van der Waals surface area contributed by atoms with Gasteiger partial charge in [0.1, 0.15) is 5.58 Å². The van der Waals surface area contributed by atoms with E-state index in [0.717, 1.165) is 27.8 Å². The highest BCUT2D eigenvalue weighted by Crippen LogP contribution is 2.38. The lowest BCUT2D eigenvalue weighted by atomic mass is 9.96. The first kappa shape index (κ1) is 18.7. The minimum Gasteiger partial charge on any atom is -0.440 e. The number of nitrogens with two attached hydrogens (primary N) is 1. The van der Waals surface area contributed by atoms with Crippen molar-refractivity contribution in [3.8, 4) is 5.69 Å². The maximum absolute atomic E-state index is 6.85. The molecular formula is C28H23N3O. The topological polar surface area (TPSA) is 56.1 Å². The fourth-order valence-electron chi connectivity index (χ4n) is 4.77. The van der Waals surface area contributed by atoms with Crippen molar-refractivity contribution in [2.45, 2.75) is 6.04 Å². The maximum Gasteiger partial charge on any atom is 0.199 e. The first-order valence-electron chi connectivity index (χ1n) is 10.8. The molecule has 6 aromatic rings. The van der Waals surface area contributed by atoms with Crippen LogP contribution < -0.4 is 11.1 Å². The zero-order chi connectivity index (χ0) is 21.7. The van der Waals surface area contributed by atoms with Gasteiger partial charge in [-0.25, -0.2) is 0 Å². The highest BCUT2D eigenvalue weighted by Gasteiger charge is 2.22. The molecule has 1 unspecified atom stereocenters. The van der Waals surface area contributed by atoms with Crippen molar-refractivity contribution in [1.82, 2.24) is 4.57 Å². The molecule has 2 heterocycles. The smallest absolute Gasteiger partial charge is 0.199 e. The second-order valence-electron chi connectivity index (χ2n) is 8.03. The fourth-order valence-corrected chi connectivity index (χ4v) is 4.77. The summed E-state index contributed by atoms with van der Waals surface area (Å²) in [7, 11) is 1.87. The van der Waals surface area contributed by atoms with Crippen LogP contribution in [0.3, 0.4) is 0 Å². The molecule has 0 fully saturated rings. The van der Waals surface area contributed by atoms with Gasteiger partial charge in [0.2, 0.25) is 0 Å². The van der Waals surface area contributed by atoms with Crippen LogP contribution in [0.4, 0.5) is 5.88 Å². The highest BCUT2D eigenvalue weighted by molar-refractivity contribution is 6.09. The van der Waals surface area contributed by atoms with E-state index >= 15 is 0 Å². The highest BCUT2D eigenvalue weighted by atomic mass is 16.3. The van der Waals surface area contributed by atoms with Crippen LogP contribution in [0.15, 0.2) is 101 Å².